The van der Waals surface area contributed by atoms with E-state index in [1.54, 1.807) is 16.8 Å². The number of hydrogen-bond donors (Lipinski definition) is 1. The van der Waals surface area contributed by atoms with Gasteiger partial charge in [0.25, 0.3) is 5.91 Å². The molecule has 0 spiro atoms. The van der Waals surface area contributed by atoms with E-state index < -0.39 is 5.97 Å². The minimum Gasteiger partial charge on any atom is -0.407 e. The number of esters is 1. The zero-order valence-corrected chi connectivity index (χ0v) is 22.4. The van der Waals surface area contributed by atoms with E-state index in [2.05, 4.69) is 17.4 Å². The number of rotatable bonds is 6. The molecule has 0 aliphatic rings. The molecule has 0 bridgehead atoms. The molecule has 5 aromatic rings. The van der Waals surface area contributed by atoms with Gasteiger partial charge in [-0.15, -0.1) is 0 Å². The van der Waals surface area contributed by atoms with E-state index >= 15 is 0 Å². The standard InChI is InChI=1S/C33H29N3O3/c1-21-9-8-12-27(20-21)31-30(25-14-16-28(17-15-25)34-32(38)26-10-6-5-7-11-26)33(39-24(4)37)36(35-31)29-18-13-22(2)19-23(29)3/h5-20H,1-4H3,(H,34,38). The number of aryl methyl sites for hydroxylation is 3. The first-order valence-corrected chi connectivity index (χ1v) is 12.7. The van der Waals surface area contributed by atoms with E-state index in [4.69, 9.17) is 9.84 Å². The van der Waals surface area contributed by atoms with Crippen molar-refractivity contribution in [3.8, 4) is 34.0 Å². The number of hydrogen-bond acceptors (Lipinski definition) is 4. The van der Waals surface area contributed by atoms with Crippen LogP contribution in [0.5, 0.6) is 5.88 Å². The van der Waals surface area contributed by atoms with E-state index in [0.29, 0.717) is 28.4 Å². The first-order chi connectivity index (χ1) is 18.8. The molecule has 0 fully saturated rings. The highest BCUT2D eigenvalue weighted by atomic mass is 16.5. The van der Waals surface area contributed by atoms with Crippen LogP contribution >= 0.6 is 0 Å². The van der Waals surface area contributed by atoms with E-state index in [9.17, 15) is 9.59 Å². The van der Waals surface area contributed by atoms with Crippen molar-refractivity contribution in [3.05, 3.63) is 119 Å². The minimum atomic E-state index is -0.440. The summed E-state index contributed by atoms with van der Waals surface area (Å²) in [4.78, 5) is 25.0. The molecule has 5 rings (SSSR count). The molecule has 4 aromatic carbocycles. The number of carbonyl (C=O) groups excluding carboxylic acids is 2. The molecular weight excluding hydrogens is 486 g/mol. The van der Waals surface area contributed by atoms with Crippen molar-refractivity contribution in [1.29, 1.82) is 0 Å². The fraction of sp³-hybridized carbons (Fsp3) is 0.121. The third-order valence-corrected chi connectivity index (χ3v) is 6.42. The number of nitrogens with one attached hydrogen (secondary N) is 1. The molecule has 6 heteroatoms. The lowest BCUT2D eigenvalue weighted by molar-refractivity contribution is -0.132. The summed E-state index contributed by atoms with van der Waals surface area (Å²) in [6.07, 6.45) is 0. The van der Waals surface area contributed by atoms with Crippen LogP contribution in [0.2, 0.25) is 0 Å². The average molecular weight is 516 g/mol. The molecule has 0 saturated heterocycles. The normalized spacial score (nSPS) is 10.8. The Balaban J connectivity index is 1.65. The molecule has 39 heavy (non-hydrogen) atoms. The Morgan fingerprint density at radius 1 is 0.769 bits per heavy atom. The Morgan fingerprint density at radius 2 is 1.49 bits per heavy atom. The second-order valence-electron chi connectivity index (χ2n) is 9.59. The van der Waals surface area contributed by atoms with Crippen molar-refractivity contribution in [1.82, 2.24) is 9.78 Å². The fourth-order valence-electron chi connectivity index (χ4n) is 4.61. The third kappa shape index (κ3) is 5.50. The van der Waals surface area contributed by atoms with Gasteiger partial charge in [-0.05, 0) is 68.3 Å². The Morgan fingerprint density at radius 3 is 2.15 bits per heavy atom. The van der Waals surface area contributed by atoms with Crippen molar-refractivity contribution in [3.63, 3.8) is 0 Å². The molecule has 194 valence electrons. The number of aromatic nitrogens is 2. The number of anilines is 1. The summed E-state index contributed by atoms with van der Waals surface area (Å²) >= 11 is 0. The Kier molecular flexibility index (Phi) is 7.10. The molecule has 1 heterocycles. The maximum atomic E-state index is 12.6. The summed E-state index contributed by atoms with van der Waals surface area (Å²) in [5.41, 5.74) is 8.37. The largest absolute Gasteiger partial charge is 0.407 e. The van der Waals surface area contributed by atoms with Gasteiger partial charge in [0.15, 0.2) is 0 Å². The van der Waals surface area contributed by atoms with Gasteiger partial charge in [0.05, 0.1) is 11.3 Å². The molecule has 6 nitrogen and oxygen atoms in total. The average Bonchev–Trinajstić information content (AvgIpc) is 3.27. The molecule has 0 aliphatic carbocycles. The summed E-state index contributed by atoms with van der Waals surface area (Å²) in [5, 5.41) is 7.93. The Hall–Kier alpha value is -4.97. The number of amides is 1. The zero-order chi connectivity index (χ0) is 27.5. The van der Waals surface area contributed by atoms with Gasteiger partial charge >= 0.3 is 5.97 Å². The second-order valence-corrected chi connectivity index (χ2v) is 9.59. The van der Waals surface area contributed by atoms with Crippen molar-refractivity contribution >= 4 is 17.6 Å². The molecule has 0 unspecified atom stereocenters. The maximum absolute atomic E-state index is 12.6. The van der Waals surface area contributed by atoms with Crippen LogP contribution in [-0.4, -0.2) is 21.7 Å². The Labute approximate surface area is 227 Å². The highest BCUT2D eigenvalue weighted by Crippen LogP contribution is 2.41. The molecule has 1 aromatic heterocycles. The summed E-state index contributed by atoms with van der Waals surface area (Å²) in [6, 6.07) is 30.7. The number of carbonyl (C=O) groups is 2. The van der Waals surface area contributed by atoms with Crippen molar-refractivity contribution in [2.24, 2.45) is 0 Å². The van der Waals surface area contributed by atoms with Gasteiger partial charge < -0.3 is 10.1 Å². The summed E-state index contributed by atoms with van der Waals surface area (Å²) in [6.45, 7) is 7.46. The van der Waals surface area contributed by atoms with Crippen LogP contribution in [-0.2, 0) is 4.79 Å². The quantitative estimate of drug-likeness (QED) is 0.241. The first kappa shape index (κ1) is 25.7. The first-order valence-electron chi connectivity index (χ1n) is 12.7. The number of nitrogens with zero attached hydrogens (tertiary/aromatic N) is 2. The monoisotopic (exact) mass is 515 g/mol. The molecule has 0 radical (unpaired) electrons. The topological polar surface area (TPSA) is 73.2 Å². The molecular formula is C33H29N3O3. The predicted molar refractivity (Wildman–Crippen MR) is 154 cm³/mol. The van der Waals surface area contributed by atoms with Crippen LogP contribution in [0.3, 0.4) is 0 Å². The molecule has 1 N–H and O–H groups in total. The van der Waals surface area contributed by atoms with Crippen molar-refractivity contribution in [2.75, 3.05) is 5.32 Å². The lowest BCUT2D eigenvalue weighted by atomic mass is 9.99. The van der Waals surface area contributed by atoms with Gasteiger partial charge in [0, 0.05) is 23.7 Å². The van der Waals surface area contributed by atoms with Gasteiger partial charge in [-0.2, -0.15) is 9.78 Å². The number of ether oxygens (including phenoxy) is 1. The summed E-state index contributed by atoms with van der Waals surface area (Å²) < 4.78 is 7.55. The molecule has 0 aliphatic heterocycles. The van der Waals surface area contributed by atoms with Crippen LogP contribution in [0, 0.1) is 20.8 Å². The van der Waals surface area contributed by atoms with E-state index in [0.717, 1.165) is 33.5 Å². The van der Waals surface area contributed by atoms with Crippen molar-refractivity contribution in [2.45, 2.75) is 27.7 Å². The van der Waals surface area contributed by atoms with E-state index in [-0.39, 0.29) is 5.91 Å². The summed E-state index contributed by atoms with van der Waals surface area (Å²) in [7, 11) is 0. The maximum Gasteiger partial charge on any atom is 0.309 e. The SMILES string of the molecule is CC(=O)Oc1c(-c2ccc(NC(=O)c3ccccc3)cc2)c(-c2cccc(C)c2)nn1-c1ccc(C)cc1C. The smallest absolute Gasteiger partial charge is 0.309 e. The van der Waals surface area contributed by atoms with Crippen LogP contribution in [0.4, 0.5) is 5.69 Å². The van der Waals surface area contributed by atoms with Crippen LogP contribution in [0.15, 0.2) is 97.1 Å². The van der Waals surface area contributed by atoms with Crippen LogP contribution in [0.25, 0.3) is 28.1 Å². The van der Waals surface area contributed by atoms with Crippen LogP contribution < -0.4 is 10.1 Å². The van der Waals surface area contributed by atoms with Gasteiger partial charge in [-0.3, -0.25) is 9.59 Å². The molecule has 0 atom stereocenters. The zero-order valence-electron chi connectivity index (χ0n) is 22.4. The minimum absolute atomic E-state index is 0.188. The highest BCUT2D eigenvalue weighted by Gasteiger charge is 2.25. The lowest BCUT2D eigenvalue weighted by Crippen LogP contribution is -2.11. The third-order valence-electron chi connectivity index (χ3n) is 6.42. The van der Waals surface area contributed by atoms with E-state index in [1.807, 2.05) is 93.6 Å². The van der Waals surface area contributed by atoms with Gasteiger partial charge in [-0.25, -0.2) is 0 Å². The second kappa shape index (κ2) is 10.8. The van der Waals surface area contributed by atoms with Gasteiger partial charge in [0.1, 0.15) is 5.69 Å². The lowest BCUT2D eigenvalue weighted by Gasteiger charge is -2.12. The Bertz CT molecular complexity index is 1670. The van der Waals surface area contributed by atoms with Gasteiger partial charge in [0.2, 0.25) is 5.88 Å². The number of benzene rings is 4. The van der Waals surface area contributed by atoms with Crippen molar-refractivity contribution < 1.29 is 14.3 Å². The van der Waals surface area contributed by atoms with Crippen LogP contribution in [0.1, 0.15) is 34.0 Å². The van der Waals surface area contributed by atoms with E-state index in [1.165, 1.54) is 6.92 Å². The molecule has 0 saturated carbocycles. The molecule has 1 amide bonds. The fourth-order valence-corrected chi connectivity index (χ4v) is 4.61. The highest BCUT2D eigenvalue weighted by molar-refractivity contribution is 6.04. The predicted octanol–water partition coefficient (Wildman–Crippen LogP) is 7.31. The van der Waals surface area contributed by atoms with Gasteiger partial charge in [-0.1, -0.05) is 71.8 Å². The summed E-state index contributed by atoms with van der Waals surface area (Å²) in [5.74, 6) is -0.288.